The summed E-state index contributed by atoms with van der Waals surface area (Å²) < 4.78 is 40.9. The van der Waals surface area contributed by atoms with E-state index in [-0.39, 0.29) is 34.8 Å². The minimum Gasteiger partial charge on any atom is -0.352 e. The van der Waals surface area contributed by atoms with Gasteiger partial charge in [0.25, 0.3) is 5.91 Å². The summed E-state index contributed by atoms with van der Waals surface area (Å²) in [5.74, 6) is -1.17. The molecule has 26 heavy (non-hydrogen) atoms. The maximum Gasteiger partial charge on any atom is 0.434 e. The average molecular weight is 433 g/mol. The molecule has 0 aliphatic heterocycles. The molecule has 2 rings (SSSR count). The molecule has 2 aromatic rings. The van der Waals surface area contributed by atoms with Gasteiger partial charge < -0.3 is 11.1 Å². The van der Waals surface area contributed by atoms with Crippen LogP contribution < -0.4 is 11.1 Å². The zero-order valence-electron chi connectivity index (χ0n) is 13.2. The molecule has 0 aromatic carbocycles. The third kappa shape index (κ3) is 5.23. The first kappa shape index (κ1) is 22.5. The molecule has 6 nitrogen and oxygen atoms in total. The number of hydrogen-bond acceptors (Lipinski definition) is 4. The van der Waals surface area contributed by atoms with Gasteiger partial charge in [-0.05, 0) is 25.5 Å². The highest BCUT2D eigenvalue weighted by molar-refractivity contribution is 6.35. The van der Waals surface area contributed by atoms with Crippen LogP contribution in [0.1, 0.15) is 28.9 Å². The molecule has 2 aromatic heterocycles. The molecule has 0 radical (unpaired) electrons. The second-order valence-corrected chi connectivity index (χ2v) is 5.87. The Balaban J connectivity index is 0.00000338. The van der Waals surface area contributed by atoms with Gasteiger partial charge in [0, 0.05) is 12.7 Å². The second-order valence-electron chi connectivity index (χ2n) is 5.03. The highest BCUT2D eigenvalue weighted by Gasteiger charge is 2.41. The van der Waals surface area contributed by atoms with Gasteiger partial charge in [-0.1, -0.05) is 23.2 Å². The number of halogens is 6. The van der Waals surface area contributed by atoms with Crippen LogP contribution in [0.15, 0.2) is 18.5 Å². The smallest absolute Gasteiger partial charge is 0.352 e. The molecule has 0 bridgehead atoms. The van der Waals surface area contributed by atoms with E-state index in [2.05, 4.69) is 15.4 Å². The largest absolute Gasteiger partial charge is 0.434 e. The molecule has 0 atom stereocenters. The zero-order chi connectivity index (χ0) is 18.6. The standard InChI is InChI=1S/C14H14Cl2F3N5O.ClH/c15-8-5-10(16)12(22-6-8)24-11(14(17,18)19)9(7-23-24)13(25)21-4-2-1-3-20;/h5-7H,1-4,20H2,(H,21,25);1H. The molecular weight excluding hydrogens is 418 g/mol. The van der Waals surface area contributed by atoms with Gasteiger partial charge in [-0.3, -0.25) is 4.79 Å². The summed E-state index contributed by atoms with van der Waals surface area (Å²) in [6, 6.07) is 1.24. The van der Waals surface area contributed by atoms with Crippen molar-refractivity contribution in [3.8, 4) is 5.82 Å². The fourth-order valence-corrected chi connectivity index (χ4v) is 2.54. The molecule has 0 fully saturated rings. The first-order chi connectivity index (χ1) is 11.8. The minimum atomic E-state index is -4.84. The third-order valence-electron chi connectivity index (χ3n) is 3.19. The van der Waals surface area contributed by atoms with Gasteiger partial charge in [-0.15, -0.1) is 12.4 Å². The summed E-state index contributed by atoms with van der Waals surface area (Å²) in [6.45, 7) is 0.640. The van der Waals surface area contributed by atoms with E-state index >= 15 is 0 Å². The SMILES string of the molecule is Cl.NCCCCNC(=O)c1cnn(-c2ncc(Cl)cc2Cl)c1C(F)(F)F. The van der Waals surface area contributed by atoms with Crippen LogP contribution in [-0.4, -0.2) is 33.8 Å². The first-order valence-corrected chi connectivity index (χ1v) is 7.96. The van der Waals surface area contributed by atoms with Crippen LogP contribution in [0.4, 0.5) is 13.2 Å². The van der Waals surface area contributed by atoms with Crippen LogP contribution in [0.2, 0.25) is 10.0 Å². The van der Waals surface area contributed by atoms with Crippen molar-refractivity contribution in [3.63, 3.8) is 0 Å². The predicted molar refractivity (Wildman–Crippen MR) is 94.3 cm³/mol. The lowest BCUT2D eigenvalue weighted by Crippen LogP contribution is -2.28. The molecule has 12 heteroatoms. The van der Waals surface area contributed by atoms with Crippen molar-refractivity contribution in [1.82, 2.24) is 20.1 Å². The molecule has 1 amide bonds. The van der Waals surface area contributed by atoms with E-state index in [1.54, 1.807) is 0 Å². The van der Waals surface area contributed by atoms with E-state index in [0.29, 0.717) is 24.1 Å². The molecular formula is C14H15Cl3F3N5O. The Morgan fingerprint density at radius 2 is 1.96 bits per heavy atom. The van der Waals surface area contributed by atoms with Gasteiger partial charge in [-0.2, -0.15) is 18.3 Å². The van der Waals surface area contributed by atoms with Crippen LogP contribution >= 0.6 is 35.6 Å². The van der Waals surface area contributed by atoms with Gasteiger partial charge in [0.1, 0.15) is 0 Å². The summed E-state index contributed by atoms with van der Waals surface area (Å²) in [6.07, 6.45) is -1.67. The van der Waals surface area contributed by atoms with Crippen molar-refractivity contribution < 1.29 is 18.0 Å². The Kier molecular flexibility index (Phi) is 8.14. The van der Waals surface area contributed by atoms with E-state index < -0.39 is 23.3 Å². The number of alkyl halides is 3. The number of unbranched alkanes of at least 4 members (excludes halogenated alkanes) is 1. The van der Waals surface area contributed by atoms with Gasteiger partial charge in [-0.25, -0.2) is 9.67 Å². The van der Waals surface area contributed by atoms with Gasteiger partial charge in [0.15, 0.2) is 11.5 Å². The number of hydrogen-bond donors (Lipinski definition) is 2. The number of nitrogens with one attached hydrogen (secondary N) is 1. The number of nitrogens with two attached hydrogens (primary N) is 1. The summed E-state index contributed by atoms with van der Waals surface area (Å²) in [5, 5.41) is 6.08. The van der Waals surface area contributed by atoms with Crippen molar-refractivity contribution in [2.24, 2.45) is 5.73 Å². The van der Waals surface area contributed by atoms with Gasteiger partial charge in [0.05, 0.1) is 21.8 Å². The second kappa shape index (κ2) is 9.40. The fourth-order valence-electron chi connectivity index (χ4n) is 2.08. The lowest BCUT2D eigenvalue weighted by atomic mass is 10.2. The van der Waals surface area contributed by atoms with Crippen molar-refractivity contribution in [1.29, 1.82) is 0 Å². The summed E-state index contributed by atoms with van der Waals surface area (Å²) in [4.78, 5) is 15.9. The van der Waals surface area contributed by atoms with Gasteiger partial charge >= 0.3 is 6.18 Å². The molecule has 0 spiro atoms. The van der Waals surface area contributed by atoms with E-state index in [4.69, 9.17) is 28.9 Å². The highest BCUT2D eigenvalue weighted by atomic mass is 35.5. The lowest BCUT2D eigenvalue weighted by molar-refractivity contribution is -0.143. The van der Waals surface area contributed by atoms with Crippen molar-refractivity contribution in [2.75, 3.05) is 13.1 Å². The molecule has 144 valence electrons. The van der Waals surface area contributed by atoms with Crippen molar-refractivity contribution in [2.45, 2.75) is 19.0 Å². The van der Waals surface area contributed by atoms with E-state index in [1.807, 2.05) is 0 Å². The maximum atomic E-state index is 13.5. The number of carbonyl (C=O) groups is 1. The number of pyridine rings is 1. The maximum absolute atomic E-state index is 13.5. The topological polar surface area (TPSA) is 85.8 Å². The lowest BCUT2D eigenvalue weighted by Gasteiger charge is -2.13. The predicted octanol–water partition coefficient (Wildman–Crippen LogP) is 3.48. The number of aromatic nitrogens is 3. The Bertz CT molecular complexity index is 767. The third-order valence-corrected chi connectivity index (χ3v) is 3.67. The Hall–Kier alpha value is -1.55. The number of nitrogens with zero attached hydrogens (tertiary/aromatic N) is 3. The number of amides is 1. The molecule has 0 unspecified atom stereocenters. The van der Waals surface area contributed by atoms with E-state index in [9.17, 15) is 18.0 Å². The monoisotopic (exact) mass is 431 g/mol. The van der Waals surface area contributed by atoms with E-state index in [0.717, 1.165) is 12.4 Å². The van der Waals surface area contributed by atoms with Crippen molar-refractivity contribution >= 4 is 41.5 Å². The Labute approximate surface area is 163 Å². The summed E-state index contributed by atoms with van der Waals surface area (Å²) in [5.41, 5.74) is 3.45. The van der Waals surface area contributed by atoms with Crippen LogP contribution in [0.5, 0.6) is 0 Å². The zero-order valence-corrected chi connectivity index (χ0v) is 15.5. The fraction of sp³-hybridized carbons (Fsp3) is 0.357. The minimum absolute atomic E-state index is 0. The van der Waals surface area contributed by atoms with Crippen LogP contribution in [0.3, 0.4) is 0 Å². The average Bonchev–Trinajstić information content (AvgIpc) is 2.96. The molecule has 3 N–H and O–H groups in total. The molecule has 0 saturated heterocycles. The summed E-state index contributed by atoms with van der Waals surface area (Å²) >= 11 is 11.6. The summed E-state index contributed by atoms with van der Waals surface area (Å²) in [7, 11) is 0. The van der Waals surface area contributed by atoms with E-state index in [1.165, 1.54) is 6.07 Å². The molecule has 0 saturated carbocycles. The number of carbonyl (C=O) groups excluding carboxylic acids is 1. The first-order valence-electron chi connectivity index (χ1n) is 7.20. The molecule has 2 heterocycles. The molecule has 0 aliphatic carbocycles. The van der Waals surface area contributed by atoms with Crippen LogP contribution in [-0.2, 0) is 6.18 Å². The number of rotatable bonds is 6. The molecule has 0 aliphatic rings. The van der Waals surface area contributed by atoms with Crippen LogP contribution in [0.25, 0.3) is 5.82 Å². The van der Waals surface area contributed by atoms with Gasteiger partial charge in [0.2, 0.25) is 0 Å². The normalized spacial score (nSPS) is 11.2. The Morgan fingerprint density at radius 1 is 1.27 bits per heavy atom. The Morgan fingerprint density at radius 3 is 2.54 bits per heavy atom. The quantitative estimate of drug-likeness (QED) is 0.684. The highest BCUT2D eigenvalue weighted by Crippen LogP contribution is 2.34. The van der Waals surface area contributed by atoms with Crippen LogP contribution in [0, 0.1) is 0 Å². The van der Waals surface area contributed by atoms with Crippen molar-refractivity contribution in [3.05, 3.63) is 39.8 Å².